The average molecular weight is 1630 g/mol. The van der Waals surface area contributed by atoms with Gasteiger partial charge in [0.2, 0.25) is 29.5 Å². The van der Waals surface area contributed by atoms with Gasteiger partial charge in [-0.1, -0.05) is 25.7 Å². The predicted molar refractivity (Wildman–Crippen MR) is 425 cm³/mol. The molecule has 0 aromatic rings. The number of guanidine groups is 2. The molecule has 0 radical (unpaired) electrons. The number of hydroxylamine groups is 7. The number of hydrogen-bond acceptors (Lipinski definition) is 31. The zero-order chi connectivity index (χ0) is 84.1. The summed E-state index contributed by atoms with van der Waals surface area (Å²) < 4.78 is 17.2. The molecule has 40 nitrogen and oxygen atoms in total. The summed E-state index contributed by atoms with van der Waals surface area (Å²) in [6.45, 7) is 11.6. The van der Waals surface area contributed by atoms with Gasteiger partial charge in [-0.15, -0.1) is 0 Å². The van der Waals surface area contributed by atoms with Crippen molar-refractivity contribution < 1.29 is 89.3 Å². The predicted octanol–water partition coefficient (Wildman–Crippen LogP) is -2.41. The highest BCUT2D eigenvalue weighted by Gasteiger charge is 2.52. The first kappa shape index (κ1) is 101. The van der Waals surface area contributed by atoms with Crippen LogP contribution in [0.4, 0.5) is 0 Å². The van der Waals surface area contributed by atoms with Gasteiger partial charge in [0.25, 0.3) is 0 Å². The lowest BCUT2D eigenvalue weighted by atomic mass is 9.73. The van der Waals surface area contributed by atoms with Crippen LogP contribution in [0.25, 0.3) is 0 Å². The molecule has 0 aromatic heterocycles. The van der Waals surface area contributed by atoms with Gasteiger partial charge in [0.05, 0.1) is 86.8 Å². The molecule has 0 aromatic carbocycles. The van der Waals surface area contributed by atoms with Gasteiger partial charge in [0.1, 0.15) is 12.1 Å². The second kappa shape index (κ2) is 56.2. The molecule has 4 rings (SSSR count). The number of likely N-dealkylation sites (tertiary alicyclic amines) is 3. The fraction of sp³-hybridized carbons (Fsp3) is 0.892. The van der Waals surface area contributed by atoms with Gasteiger partial charge in [-0.2, -0.15) is 5.48 Å². The van der Waals surface area contributed by atoms with Crippen LogP contribution in [0.3, 0.4) is 0 Å². The lowest BCUT2D eigenvalue weighted by molar-refractivity contribution is -0.149. The standard InChI is InChI=1S/C74H148N22O18/c1-5-114-86-36-19-41-112-43-45-113-44-42-111-40-18-20-49(88-105)46-57(89-106)52(62(90-107)53(26-13-34-84-72(78)79)63(91-108)58-28-15-37-94(58)71(104)60-30-17-39-96(60)69(102)54(22-6-9-31-75)64(92-109)61(77)47(2)97)21-8-11-33-83-68(101)56(27-14-35-85-73(80)81)87-67(100)51-25-12-24-50(51)65(99)59-29-16-38-95(59)70(103)55(23-7-10-32-76)66(93-110)74(4,82)48(3)98/h47-64,66,86,88-93,97-98,105-110H,5-46,75-77,82H2,1-4H3,(H,83,101)(H,87,100)(H4,78,79,84)(H4,80,81,85)/t47-,48-,49?,50?,51-,52-,53+,54-,55-,56+,57?,58+,59+,60+,61+,62?,63?,64?,66?,74+/m1/s1. The van der Waals surface area contributed by atoms with E-state index in [1.165, 1.54) is 30.6 Å². The van der Waals surface area contributed by atoms with Gasteiger partial charge < -0.3 is 132 Å². The van der Waals surface area contributed by atoms with Crippen molar-refractivity contribution in [2.45, 2.75) is 279 Å². The number of carbonyl (C=O) groups excluding carboxylic acids is 6. The number of unbranched alkanes of at least 4 members (excludes halogenated alkanes) is 3. The van der Waals surface area contributed by atoms with E-state index in [-0.39, 0.29) is 114 Å². The normalized spacial score (nSPS) is 22.1. The van der Waals surface area contributed by atoms with Gasteiger partial charge in [0.15, 0.2) is 17.7 Å². The van der Waals surface area contributed by atoms with Crippen LogP contribution in [0.15, 0.2) is 9.98 Å². The van der Waals surface area contributed by atoms with Gasteiger partial charge in [-0.05, 0) is 194 Å². The van der Waals surface area contributed by atoms with Crippen LogP contribution >= 0.6 is 0 Å². The Hall–Kier alpha value is -5.36. The Morgan fingerprint density at radius 3 is 1.68 bits per heavy atom. The molecule has 114 heavy (non-hydrogen) atoms. The van der Waals surface area contributed by atoms with Crippen LogP contribution in [0.2, 0.25) is 0 Å². The minimum absolute atomic E-state index is 0.0562. The number of Topliss-reactive ketones (excluding diaryl/α,β-unsaturated/α-hetero) is 1. The number of nitrogens with two attached hydrogens (primary N) is 8. The molecule has 3 aliphatic heterocycles. The van der Waals surface area contributed by atoms with E-state index in [1.54, 1.807) is 4.90 Å². The monoisotopic (exact) mass is 1630 g/mol. The SMILES string of the molecule is CCONCCCOCCOCCOCCCC(CC(NO)[C@@H](CCCCNC(=O)[C@H](CCCN=C(N)N)NC(=O)[C@@H]1CCCC1C(=O)[C@@H]1CCCN1C(=O)[C@H](CCCCN)C(NO)[C@@](C)(N)[C@@H](C)O)C(NO)[C@H](CCCN=C(N)N)C(NO)[C@@H]1CCCN1C(=O)[C@@H]1CCCN1C(=O)[C@H](CCCCN)C(NO)[C@@H](N)[C@@H](C)O)NO. The molecule has 1 saturated carbocycles. The number of amides is 5. The number of nitrogens with one attached hydrogen (secondary N) is 9. The molecular formula is C74H148N22O18. The Kier molecular flexibility index (Phi) is 49.8. The number of ketones is 1. The number of aliphatic imine (C=N–C) groups is 2. The summed E-state index contributed by atoms with van der Waals surface area (Å²) in [7, 11) is 0. The minimum atomic E-state index is -1.47. The summed E-state index contributed by atoms with van der Waals surface area (Å²) >= 11 is 0. The molecule has 20 atom stereocenters. The van der Waals surface area contributed by atoms with Crippen LogP contribution in [0.1, 0.15) is 195 Å². The first-order valence-electron chi connectivity index (χ1n) is 41.7. The number of aliphatic hydroxyl groups excluding tert-OH is 2. The highest BCUT2D eigenvalue weighted by molar-refractivity contribution is 5.97. The maximum atomic E-state index is 15.3. The second-order valence-corrected chi connectivity index (χ2v) is 31.4. The Bertz CT molecular complexity index is 2770. The zero-order valence-corrected chi connectivity index (χ0v) is 68.2. The molecule has 1 aliphatic carbocycles. The molecule has 662 valence electrons. The molecule has 5 amide bonds. The molecule has 4 aliphatic rings. The van der Waals surface area contributed by atoms with E-state index in [1.807, 2.05) is 6.92 Å². The van der Waals surface area contributed by atoms with E-state index in [2.05, 4.69) is 59.0 Å². The van der Waals surface area contributed by atoms with Crippen molar-refractivity contribution in [1.29, 1.82) is 0 Å². The van der Waals surface area contributed by atoms with Crippen molar-refractivity contribution in [3.8, 4) is 0 Å². The topological polar surface area (TPSA) is 652 Å². The molecule has 40 heteroatoms. The Morgan fingerprint density at radius 2 is 1.11 bits per heavy atom. The van der Waals surface area contributed by atoms with Crippen LogP contribution in [-0.2, 0) is 47.8 Å². The third-order valence-electron chi connectivity index (χ3n) is 23.5. The van der Waals surface area contributed by atoms with E-state index < -0.39 is 143 Å². The van der Waals surface area contributed by atoms with Crippen LogP contribution in [-0.4, -0.2) is 293 Å². The largest absolute Gasteiger partial charge is 0.392 e. The number of aliphatic hydroxyl groups is 2. The highest BCUT2D eigenvalue weighted by atomic mass is 16.6. The molecule has 0 bridgehead atoms. The molecular weight excluding hydrogens is 1480 g/mol. The van der Waals surface area contributed by atoms with Crippen LogP contribution in [0.5, 0.6) is 0 Å². The summed E-state index contributed by atoms with van der Waals surface area (Å²) in [5.41, 5.74) is 63.3. The zero-order valence-electron chi connectivity index (χ0n) is 68.2. The first-order valence-corrected chi connectivity index (χ1v) is 41.7. The second-order valence-electron chi connectivity index (χ2n) is 31.4. The summed E-state index contributed by atoms with van der Waals surface area (Å²) in [5, 5.41) is 93.6. The maximum Gasteiger partial charge on any atom is 0.245 e. The third kappa shape index (κ3) is 32.4. The number of hydrogen-bond donors (Lipinski definition) is 25. The Balaban J connectivity index is 1.65. The number of ether oxygens (including phenoxy) is 3. The van der Waals surface area contributed by atoms with Crippen molar-refractivity contribution in [3.05, 3.63) is 0 Å². The quantitative estimate of drug-likeness (QED) is 0.0130. The van der Waals surface area contributed by atoms with E-state index in [4.69, 9.17) is 64.9 Å². The number of nitrogens with zero attached hydrogens (tertiary/aromatic N) is 5. The smallest absolute Gasteiger partial charge is 0.245 e. The maximum absolute atomic E-state index is 15.3. The van der Waals surface area contributed by atoms with Crippen molar-refractivity contribution in [3.63, 3.8) is 0 Å². The van der Waals surface area contributed by atoms with Gasteiger partial charge in [0, 0.05) is 101 Å². The summed E-state index contributed by atoms with van der Waals surface area (Å²) in [6.07, 6.45) is 7.40. The van der Waals surface area contributed by atoms with Crippen molar-refractivity contribution in [2.24, 2.45) is 91.4 Å². The molecule has 3 heterocycles. The van der Waals surface area contributed by atoms with Crippen molar-refractivity contribution >= 4 is 47.2 Å². The van der Waals surface area contributed by atoms with E-state index in [0.29, 0.717) is 175 Å². The first-order chi connectivity index (χ1) is 54.8. The van der Waals surface area contributed by atoms with Gasteiger partial charge in [-0.3, -0.25) is 38.8 Å². The fourth-order valence-electron chi connectivity index (χ4n) is 17.0. The lowest BCUT2D eigenvalue weighted by Gasteiger charge is -2.44. The average Bonchev–Trinajstić information content (AvgIpc) is 1.64. The van der Waals surface area contributed by atoms with Gasteiger partial charge >= 0.3 is 0 Å². The Morgan fingerprint density at radius 1 is 0.561 bits per heavy atom. The molecule has 7 unspecified atom stereocenters. The van der Waals surface area contributed by atoms with E-state index in [9.17, 15) is 65.4 Å². The van der Waals surface area contributed by atoms with Crippen LogP contribution in [0, 0.1) is 35.5 Å². The van der Waals surface area contributed by atoms with Crippen LogP contribution < -0.4 is 94.9 Å². The summed E-state index contributed by atoms with van der Waals surface area (Å²) in [4.78, 5) is 107. The van der Waals surface area contributed by atoms with Gasteiger partial charge in [-0.25, -0.2) is 32.9 Å². The Labute approximate surface area is 673 Å². The minimum Gasteiger partial charge on any atom is -0.392 e. The third-order valence-corrected chi connectivity index (χ3v) is 23.5. The molecule has 0 spiro atoms. The van der Waals surface area contributed by atoms with E-state index in [0.717, 1.165) is 6.42 Å². The van der Waals surface area contributed by atoms with Crippen molar-refractivity contribution in [1.82, 2.24) is 63.7 Å². The summed E-state index contributed by atoms with van der Waals surface area (Å²) in [6, 6.07) is -10.6. The number of rotatable bonds is 64. The fourth-order valence-corrected chi connectivity index (χ4v) is 17.0. The molecule has 3 saturated heterocycles. The highest BCUT2D eigenvalue weighted by Crippen LogP contribution is 2.39. The van der Waals surface area contributed by atoms with Crippen molar-refractivity contribution in [2.75, 3.05) is 105 Å². The van der Waals surface area contributed by atoms with E-state index >= 15 is 4.79 Å². The molecule has 33 N–H and O–H groups in total. The molecule has 4 fully saturated rings. The number of carbonyl (C=O) groups is 6. The lowest BCUT2D eigenvalue weighted by Crippen LogP contribution is -2.65. The summed E-state index contributed by atoms with van der Waals surface area (Å²) in [5.74, 6) is -8.07.